The van der Waals surface area contributed by atoms with E-state index < -0.39 is 26.6 Å². The van der Waals surface area contributed by atoms with E-state index in [1.54, 1.807) is 6.08 Å². The number of phosphoric ester groups is 1. The lowest BCUT2D eigenvalue weighted by atomic mass is 10.0. The standard InChI is InChI=1S/C68H131N2O6P/c1-6-8-10-12-14-16-18-20-22-24-26-28-30-32-33-34-35-36-38-39-41-43-45-47-49-51-53-55-57-59-61-67(71)66(65-76-77(73,74)75-64-63-70(3,4)5)69-68(72)62-60-58-56-54-52-50-48-46-44-42-40-37-31-29-27-25-23-21-19-17-15-13-11-9-7-2/h19,21,25,27,51,53,59,61,66-67,71H,6-18,20,22-24,26,28-50,52,54-58,60,62-65H2,1-5H3,(H-,69,72,73,74)/b21-19-,27-25-,53-51+,61-59+. The maximum atomic E-state index is 13.0. The van der Waals surface area contributed by atoms with Crippen LogP contribution >= 0.6 is 7.82 Å². The summed E-state index contributed by atoms with van der Waals surface area (Å²) >= 11 is 0. The van der Waals surface area contributed by atoms with Crippen molar-refractivity contribution in [2.24, 2.45) is 0 Å². The van der Waals surface area contributed by atoms with Crippen LogP contribution in [0.5, 0.6) is 0 Å². The number of hydrogen-bond acceptors (Lipinski definition) is 6. The third-order valence-corrected chi connectivity index (χ3v) is 16.2. The van der Waals surface area contributed by atoms with Gasteiger partial charge >= 0.3 is 0 Å². The molecule has 0 radical (unpaired) electrons. The maximum Gasteiger partial charge on any atom is 0.268 e. The van der Waals surface area contributed by atoms with Gasteiger partial charge in [-0.15, -0.1) is 0 Å². The van der Waals surface area contributed by atoms with E-state index in [0.717, 1.165) is 44.9 Å². The van der Waals surface area contributed by atoms with Crippen molar-refractivity contribution < 1.29 is 32.9 Å². The molecular weight excluding hydrogens is 972 g/mol. The van der Waals surface area contributed by atoms with Crippen LogP contribution in [0, 0.1) is 0 Å². The van der Waals surface area contributed by atoms with Crippen LogP contribution in [0.4, 0.5) is 0 Å². The molecule has 9 heteroatoms. The summed E-state index contributed by atoms with van der Waals surface area (Å²) in [5.74, 6) is -0.204. The molecule has 0 heterocycles. The van der Waals surface area contributed by atoms with Gasteiger partial charge in [0.15, 0.2) is 0 Å². The van der Waals surface area contributed by atoms with Gasteiger partial charge in [0.1, 0.15) is 13.2 Å². The van der Waals surface area contributed by atoms with Gasteiger partial charge in [0.2, 0.25) is 5.91 Å². The normalized spacial score (nSPS) is 14.0. The number of nitrogens with one attached hydrogen (secondary N) is 1. The van der Waals surface area contributed by atoms with E-state index in [-0.39, 0.29) is 12.5 Å². The molecule has 3 atom stereocenters. The van der Waals surface area contributed by atoms with Crippen LogP contribution < -0.4 is 10.2 Å². The number of nitrogens with zero attached hydrogens (tertiary/aromatic N) is 1. The van der Waals surface area contributed by atoms with Crippen molar-refractivity contribution >= 4 is 13.7 Å². The molecule has 0 aromatic heterocycles. The van der Waals surface area contributed by atoms with Crippen molar-refractivity contribution in [1.82, 2.24) is 5.32 Å². The second-order valence-electron chi connectivity index (χ2n) is 24.2. The Kier molecular flexibility index (Phi) is 57.9. The van der Waals surface area contributed by atoms with Crippen molar-refractivity contribution in [2.45, 2.75) is 341 Å². The van der Waals surface area contributed by atoms with Gasteiger partial charge in [-0.1, -0.05) is 306 Å². The molecule has 0 saturated heterocycles. The van der Waals surface area contributed by atoms with E-state index in [1.807, 2.05) is 27.2 Å². The number of carbonyl (C=O) groups excluding carboxylic acids is 1. The Morgan fingerprint density at radius 2 is 0.766 bits per heavy atom. The third-order valence-electron chi connectivity index (χ3n) is 15.3. The SMILES string of the molecule is CCCCCCC/C=C\C/C=C\CCCCCCCCCCCCCCCC(=O)NC(COP(=O)([O-])OCC[N+](C)(C)C)C(O)/C=C/CC/C=C/CCCCCCCCCCCCCCCCCCCCCCCCCC. The molecule has 0 fully saturated rings. The van der Waals surface area contributed by atoms with E-state index >= 15 is 0 Å². The summed E-state index contributed by atoms with van der Waals surface area (Å²) in [6.45, 7) is 4.66. The van der Waals surface area contributed by atoms with Crippen LogP contribution in [0.2, 0.25) is 0 Å². The Morgan fingerprint density at radius 1 is 0.455 bits per heavy atom. The topological polar surface area (TPSA) is 108 Å². The zero-order valence-corrected chi connectivity index (χ0v) is 52.8. The van der Waals surface area contributed by atoms with Crippen LogP contribution in [0.15, 0.2) is 48.6 Å². The summed E-state index contributed by atoms with van der Waals surface area (Å²) < 4.78 is 23.4. The number of aliphatic hydroxyl groups excluding tert-OH is 1. The highest BCUT2D eigenvalue weighted by Gasteiger charge is 2.23. The van der Waals surface area contributed by atoms with E-state index in [9.17, 15) is 19.4 Å². The number of quaternary nitrogens is 1. The lowest BCUT2D eigenvalue weighted by molar-refractivity contribution is -0.870. The van der Waals surface area contributed by atoms with Crippen molar-refractivity contribution in [1.29, 1.82) is 0 Å². The Bertz CT molecular complexity index is 1390. The van der Waals surface area contributed by atoms with Gasteiger partial charge in [0.25, 0.3) is 7.82 Å². The van der Waals surface area contributed by atoms with E-state index in [1.165, 1.54) is 263 Å². The molecule has 0 rings (SSSR count). The first-order chi connectivity index (χ1) is 37.5. The second-order valence-corrected chi connectivity index (χ2v) is 25.6. The molecule has 2 N–H and O–H groups in total. The number of aliphatic hydroxyl groups is 1. The summed E-state index contributed by atoms with van der Waals surface area (Å²) in [5, 5.41) is 13.9. The van der Waals surface area contributed by atoms with Crippen LogP contribution in [-0.4, -0.2) is 68.5 Å². The van der Waals surface area contributed by atoms with E-state index in [2.05, 4.69) is 55.6 Å². The summed E-state index contributed by atoms with van der Waals surface area (Å²) in [6, 6.07) is -0.906. The van der Waals surface area contributed by atoms with Gasteiger partial charge < -0.3 is 28.8 Å². The fourth-order valence-corrected chi connectivity index (χ4v) is 10.8. The molecule has 1 amide bonds. The predicted octanol–water partition coefficient (Wildman–Crippen LogP) is 20.4. The first-order valence-electron chi connectivity index (χ1n) is 33.5. The molecule has 77 heavy (non-hydrogen) atoms. The second kappa shape index (κ2) is 59.1. The van der Waals surface area contributed by atoms with Crippen molar-refractivity contribution in [3.63, 3.8) is 0 Å². The number of hydrogen-bond donors (Lipinski definition) is 2. The highest BCUT2D eigenvalue weighted by atomic mass is 31.2. The number of amides is 1. The van der Waals surface area contributed by atoms with Crippen LogP contribution in [-0.2, 0) is 18.4 Å². The molecule has 454 valence electrons. The van der Waals surface area contributed by atoms with Crippen molar-refractivity contribution in [2.75, 3.05) is 40.9 Å². The lowest BCUT2D eigenvalue weighted by Crippen LogP contribution is -2.45. The molecule has 0 aliphatic rings. The quantitative estimate of drug-likeness (QED) is 0.0272. The molecule has 0 aromatic rings. The third kappa shape index (κ3) is 61.9. The lowest BCUT2D eigenvalue weighted by Gasteiger charge is -2.29. The Hall–Kier alpha value is -1.54. The molecule has 0 aromatic carbocycles. The van der Waals surface area contributed by atoms with Gasteiger partial charge in [-0.3, -0.25) is 9.36 Å². The monoisotopic (exact) mass is 1100 g/mol. The maximum absolute atomic E-state index is 13.0. The molecule has 8 nitrogen and oxygen atoms in total. The highest BCUT2D eigenvalue weighted by molar-refractivity contribution is 7.45. The molecule has 0 aliphatic carbocycles. The van der Waals surface area contributed by atoms with E-state index in [4.69, 9.17) is 9.05 Å². The van der Waals surface area contributed by atoms with Gasteiger partial charge in [-0.05, 0) is 64.2 Å². The average molecular weight is 1100 g/mol. The summed E-state index contributed by atoms with van der Waals surface area (Å²) in [4.78, 5) is 25.6. The predicted molar refractivity (Wildman–Crippen MR) is 334 cm³/mol. The average Bonchev–Trinajstić information content (AvgIpc) is 3.39. The zero-order valence-electron chi connectivity index (χ0n) is 51.9. The zero-order chi connectivity index (χ0) is 56.3. The van der Waals surface area contributed by atoms with Gasteiger partial charge in [-0.2, -0.15) is 0 Å². The molecule has 0 bridgehead atoms. The van der Waals surface area contributed by atoms with Crippen molar-refractivity contribution in [3.8, 4) is 0 Å². The molecule has 3 unspecified atom stereocenters. The van der Waals surface area contributed by atoms with Crippen LogP contribution in [0.3, 0.4) is 0 Å². The first kappa shape index (κ1) is 75.5. The van der Waals surface area contributed by atoms with Crippen LogP contribution in [0.1, 0.15) is 328 Å². The van der Waals surface area contributed by atoms with E-state index in [0.29, 0.717) is 17.4 Å². The number of likely N-dealkylation sites (N-methyl/N-ethyl adjacent to an activating group) is 1. The minimum Gasteiger partial charge on any atom is -0.756 e. The number of allylic oxidation sites excluding steroid dienone is 7. The smallest absolute Gasteiger partial charge is 0.268 e. The molecule has 0 saturated carbocycles. The summed E-state index contributed by atoms with van der Waals surface area (Å²) in [7, 11) is 1.25. The molecule has 0 aliphatic heterocycles. The Morgan fingerprint density at radius 3 is 1.13 bits per heavy atom. The number of phosphoric acid groups is 1. The largest absolute Gasteiger partial charge is 0.756 e. The first-order valence-corrected chi connectivity index (χ1v) is 35.0. The minimum absolute atomic E-state index is 0.00643. The van der Waals surface area contributed by atoms with Gasteiger partial charge in [0, 0.05) is 6.42 Å². The minimum atomic E-state index is -4.61. The summed E-state index contributed by atoms with van der Waals surface area (Å²) in [6.07, 6.45) is 79.4. The number of unbranched alkanes of at least 4 members (excludes halogenated alkanes) is 43. The fourth-order valence-electron chi connectivity index (χ4n) is 10.0. The Labute approximate surface area is 479 Å². The fraction of sp³-hybridized carbons (Fsp3) is 0.868. The number of carbonyl (C=O) groups is 1. The van der Waals surface area contributed by atoms with Gasteiger partial charge in [0.05, 0.1) is 39.9 Å². The van der Waals surface area contributed by atoms with Crippen LogP contribution in [0.25, 0.3) is 0 Å². The molecular formula is C68H131N2O6P. The van der Waals surface area contributed by atoms with Gasteiger partial charge in [-0.25, -0.2) is 0 Å². The van der Waals surface area contributed by atoms with Crippen molar-refractivity contribution in [3.05, 3.63) is 48.6 Å². The molecule has 0 spiro atoms. The highest BCUT2D eigenvalue weighted by Crippen LogP contribution is 2.38. The summed E-state index contributed by atoms with van der Waals surface area (Å²) in [5.41, 5.74) is 0. The Balaban J connectivity index is 4.13. The number of rotatable bonds is 62.